The van der Waals surface area contributed by atoms with Gasteiger partial charge >= 0.3 is 0 Å². The molecule has 0 spiro atoms. The highest BCUT2D eigenvalue weighted by Crippen LogP contribution is 2.06. The summed E-state index contributed by atoms with van der Waals surface area (Å²) in [5.74, 6) is -1.11. The number of likely N-dealkylation sites (N-methyl/N-ethyl adjacent to an activating group) is 1. The van der Waals surface area contributed by atoms with Gasteiger partial charge in [0.25, 0.3) is 5.91 Å². The molecule has 6 heteroatoms. The van der Waals surface area contributed by atoms with Crippen molar-refractivity contribution in [2.75, 3.05) is 7.05 Å². The average molecular weight is 317 g/mol. The van der Waals surface area contributed by atoms with Gasteiger partial charge < -0.3 is 16.0 Å². The average Bonchev–Trinajstić information content (AvgIpc) is 2.51. The summed E-state index contributed by atoms with van der Waals surface area (Å²) in [6.07, 6.45) is 0.363. The third kappa shape index (κ3) is 5.94. The third-order valence-electron chi connectivity index (χ3n) is 3.18. The van der Waals surface area contributed by atoms with Crippen molar-refractivity contribution in [3.05, 3.63) is 47.2 Å². The molecular weight excluding hydrogens is 294 g/mol. The molecule has 0 aliphatic heterocycles. The fourth-order valence-corrected chi connectivity index (χ4v) is 2.05. The summed E-state index contributed by atoms with van der Waals surface area (Å²) < 4.78 is 0. The molecule has 1 aromatic carbocycles. The van der Waals surface area contributed by atoms with Gasteiger partial charge in [-0.1, -0.05) is 30.3 Å². The van der Waals surface area contributed by atoms with E-state index in [-0.39, 0.29) is 17.5 Å². The molecule has 0 aromatic heterocycles. The van der Waals surface area contributed by atoms with E-state index in [1.54, 1.807) is 13.8 Å². The lowest BCUT2D eigenvalue weighted by Crippen LogP contribution is -2.49. The number of hydrogen-bond donors (Lipinski definition) is 3. The van der Waals surface area contributed by atoms with Crippen molar-refractivity contribution in [1.82, 2.24) is 16.0 Å². The Morgan fingerprint density at radius 3 is 2.13 bits per heavy atom. The fourth-order valence-electron chi connectivity index (χ4n) is 2.05. The Morgan fingerprint density at radius 1 is 1.04 bits per heavy atom. The first kappa shape index (κ1) is 18.4. The van der Waals surface area contributed by atoms with Crippen molar-refractivity contribution < 1.29 is 14.4 Å². The van der Waals surface area contributed by atoms with Gasteiger partial charge in [0.15, 0.2) is 0 Å². The van der Waals surface area contributed by atoms with E-state index in [1.807, 2.05) is 30.3 Å². The third-order valence-corrected chi connectivity index (χ3v) is 3.18. The van der Waals surface area contributed by atoms with Gasteiger partial charge in [-0.15, -0.1) is 0 Å². The van der Waals surface area contributed by atoms with Crippen LogP contribution < -0.4 is 16.0 Å². The summed E-state index contributed by atoms with van der Waals surface area (Å²) in [7, 11) is 1.52. The molecule has 0 fully saturated rings. The van der Waals surface area contributed by atoms with Crippen LogP contribution in [0.25, 0.3) is 0 Å². The van der Waals surface area contributed by atoms with Crippen molar-refractivity contribution in [2.24, 2.45) is 0 Å². The zero-order valence-corrected chi connectivity index (χ0v) is 13.9. The predicted molar refractivity (Wildman–Crippen MR) is 88.3 cm³/mol. The van der Waals surface area contributed by atoms with Gasteiger partial charge in [0.05, 0.1) is 0 Å². The van der Waals surface area contributed by atoms with Crippen LogP contribution in [0.5, 0.6) is 0 Å². The molecule has 0 aliphatic rings. The number of carbonyl (C=O) groups excluding carboxylic acids is 3. The van der Waals surface area contributed by atoms with Crippen LogP contribution in [-0.4, -0.2) is 30.8 Å². The van der Waals surface area contributed by atoms with Crippen molar-refractivity contribution in [1.29, 1.82) is 0 Å². The number of benzene rings is 1. The van der Waals surface area contributed by atoms with Crippen LogP contribution in [0.15, 0.2) is 41.6 Å². The van der Waals surface area contributed by atoms with E-state index in [0.29, 0.717) is 12.0 Å². The van der Waals surface area contributed by atoms with E-state index < -0.39 is 11.9 Å². The molecule has 23 heavy (non-hydrogen) atoms. The van der Waals surface area contributed by atoms with Gasteiger partial charge in [-0.05, 0) is 25.0 Å². The molecule has 0 radical (unpaired) electrons. The highest BCUT2D eigenvalue weighted by molar-refractivity contribution is 6.00. The molecule has 0 aliphatic carbocycles. The van der Waals surface area contributed by atoms with Crippen LogP contribution in [0.1, 0.15) is 26.3 Å². The first-order chi connectivity index (χ1) is 10.8. The van der Waals surface area contributed by atoms with Gasteiger partial charge in [-0.3, -0.25) is 14.4 Å². The van der Waals surface area contributed by atoms with Crippen molar-refractivity contribution in [2.45, 2.75) is 33.2 Å². The number of allylic oxidation sites excluding steroid dienone is 1. The van der Waals surface area contributed by atoms with E-state index in [4.69, 9.17) is 0 Å². The standard InChI is InChI=1S/C17H23N3O3/c1-11(2)15(19-12(3)21)17(23)20-14(16(22)18-4)10-13-8-6-5-7-9-13/h5-9,14H,10H2,1-4H3,(H,18,22)(H,19,21)(H,20,23)/t14-/m0/s1. The Balaban J connectivity index is 2.92. The van der Waals surface area contributed by atoms with E-state index in [1.165, 1.54) is 14.0 Å². The Kier molecular flexibility index (Phi) is 6.99. The van der Waals surface area contributed by atoms with Gasteiger partial charge in [0, 0.05) is 20.4 Å². The maximum absolute atomic E-state index is 12.4. The maximum atomic E-state index is 12.4. The van der Waals surface area contributed by atoms with Crippen LogP contribution in [0.2, 0.25) is 0 Å². The van der Waals surface area contributed by atoms with Crippen LogP contribution >= 0.6 is 0 Å². The van der Waals surface area contributed by atoms with Gasteiger partial charge in [-0.25, -0.2) is 0 Å². The second-order valence-corrected chi connectivity index (χ2v) is 5.39. The minimum atomic E-state index is -0.724. The summed E-state index contributed by atoms with van der Waals surface area (Å²) in [4.78, 5) is 35.6. The van der Waals surface area contributed by atoms with E-state index >= 15 is 0 Å². The quantitative estimate of drug-likeness (QED) is 0.681. The van der Waals surface area contributed by atoms with Gasteiger partial charge in [0.1, 0.15) is 11.7 Å². The number of rotatable bonds is 6. The van der Waals surface area contributed by atoms with Crippen LogP contribution in [0.4, 0.5) is 0 Å². The molecule has 124 valence electrons. The number of amides is 3. The summed E-state index contributed by atoms with van der Waals surface area (Å²) in [5.41, 5.74) is 1.76. The molecule has 1 atom stereocenters. The predicted octanol–water partition coefficient (Wildman–Crippen LogP) is 0.890. The highest BCUT2D eigenvalue weighted by atomic mass is 16.2. The number of hydrogen-bond acceptors (Lipinski definition) is 3. The van der Waals surface area contributed by atoms with E-state index in [0.717, 1.165) is 5.56 Å². The molecule has 0 saturated heterocycles. The summed E-state index contributed by atoms with van der Waals surface area (Å²) >= 11 is 0. The lowest BCUT2D eigenvalue weighted by atomic mass is 10.0. The smallest absolute Gasteiger partial charge is 0.268 e. The summed E-state index contributed by atoms with van der Waals surface area (Å²) in [6, 6.07) is 8.68. The molecule has 6 nitrogen and oxygen atoms in total. The lowest BCUT2D eigenvalue weighted by molar-refractivity contribution is -0.127. The molecule has 1 aromatic rings. The maximum Gasteiger partial charge on any atom is 0.268 e. The highest BCUT2D eigenvalue weighted by Gasteiger charge is 2.23. The van der Waals surface area contributed by atoms with Gasteiger partial charge in [0.2, 0.25) is 11.8 Å². The lowest BCUT2D eigenvalue weighted by Gasteiger charge is -2.19. The van der Waals surface area contributed by atoms with Crippen molar-refractivity contribution in [3.63, 3.8) is 0 Å². The Morgan fingerprint density at radius 2 is 1.65 bits per heavy atom. The minimum absolute atomic E-state index is 0.166. The Hall–Kier alpha value is -2.63. The molecule has 0 heterocycles. The zero-order valence-electron chi connectivity index (χ0n) is 13.9. The first-order valence-electron chi connectivity index (χ1n) is 7.36. The summed E-state index contributed by atoms with van der Waals surface area (Å²) in [5, 5.41) is 7.72. The molecule has 0 saturated carbocycles. The molecule has 0 bridgehead atoms. The van der Waals surface area contributed by atoms with Crippen molar-refractivity contribution >= 4 is 17.7 Å². The molecular formula is C17H23N3O3. The van der Waals surface area contributed by atoms with E-state index in [9.17, 15) is 14.4 Å². The first-order valence-corrected chi connectivity index (χ1v) is 7.36. The zero-order chi connectivity index (χ0) is 17.4. The van der Waals surface area contributed by atoms with Gasteiger partial charge in [-0.2, -0.15) is 0 Å². The van der Waals surface area contributed by atoms with Crippen LogP contribution in [-0.2, 0) is 20.8 Å². The monoisotopic (exact) mass is 317 g/mol. The van der Waals surface area contributed by atoms with Crippen LogP contribution in [0.3, 0.4) is 0 Å². The fraction of sp³-hybridized carbons (Fsp3) is 0.353. The second kappa shape index (κ2) is 8.73. The van der Waals surface area contributed by atoms with E-state index in [2.05, 4.69) is 16.0 Å². The van der Waals surface area contributed by atoms with Crippen molar-refractivity contribution in [3.8, 4) is 0 Å². The minimum Gasteiger partial charge on any atom is -0.357 e. The normalized spacial score (nSPS) is 11.1. The molecule has 3 N–H and O–H groups in total. The molecule has 3 amide bonds. The Labute approximate surface area is 136 Å². The second-order valence-electron chi connectivity index (χ2n) is 5.39. The topological polar surface area (TPSA) is 87.3 Å². The number of carbonyl (C=O) groups is 3. The molecule has 1 rings (SSSR count). The Bertz CT molecular complexity index is 605. The largest absolute Gasteiger partial charge is 0.357 e. The summed E-state index contributed by atoms with van der Waals surface area (Å²) in [6.45, 7) is 4.77. The van der Waals surface area contributed by atoms with Crippen LogP contribution in [0, 0.1) is 0 Å². The molecule has 0 unspecified atom stereocenters. The SMILES string of the molecule is CNC(=O)[C@H](Cc1ccccc1)NC(=O)C(NC(C)=O)=C(C)C. The number of nitrogens with one attached hydrogen (secondary N) is 3.